The van der Waals surface area contributed by atoms with Crippen LogP contribution in [0.2, 0.25) is 0 Å². The lowest BCUT2D eigenvalue weighted by Gasteiger charge is -2.31. The summed E-state index contributed by atoms with van der Waals surface area (Å²) in [7, 11) is 0. The molecule has 0 aliphatic heterocycles. The van der Waals surface area contributed by atoms with E-state index in [1.54, 1.807) is 0 Å². The SMILES string of the molecule is N#CC1(NC(=O)c2ccc(O)cc2F)CCCCC1. The Balaban J connectivity index is 2.18. The molecule has 0 radical (unpaired) electrons. The minimum absolute atomic E-state index is 0.155. The van der Waals surface area contributed by atoms with Crippen LogP contribution < -0.4 is 5.32 Å². The quantitative estimate of drug-likeness (QED) is 0.860. The Bertz CT molecular complexity index is 531. The van der Waals surface area contributed by atoms with Gasteiger partial charge in [0.2, 0.25) is 0 Å². The molecule has 0 heterocycles. The molecule has 0 saturated heterocycles. The third-order valence-electron chi connectivity index (χ3n) is 3.47. The molecular weight excluding hydrogens is 247 g/mol. The zero-order valence-electron chi connectivity index (χ0n) is 10.4. The van der Waals surface area contributed by atoms with E-state index in [0.29, 0.717) is 12.8 Å². The highest BCUT2D eigenvalue weighted by Gasteiger charge is 2.34. The van der Waals surface area contributed by atoms with Crippen LogP contribution in [0.4, 0.5) is 4.39 Å². The van der Waals surface area contributed by atoms with Gasteiger partial charge in [-0.25, -0.2) is 4.39 Å². The maximum atomic E-state index is 13.6. The average Bonchev–Trinajstić information content (AvgIpc) is 2.39. The van der Waals surface area contributed by atoms with Crippen LogP contribution in [0.5, 0.6) is 5.75 Å². The number of hydrogen-bond acceptors (Lipinski definition) is 3. The van der Waals surface area contributed by atoms with Gasteiger partial charge in [-0.2, -0.15) is 5.26 Å². The van der Waals surface area contributed by atoms with Crippen LogP contribution in [-0.2, 0) is 0 Å². The number of halogens is 1. The maximum absolute atomic E-state index is 13.6. The number of nitrogens with zero attached hydrogens (tertiary/aromatic N) is 1. The van der Waals surface area contributed by atoms with Crippen molar-refractivity contribution in [3.63, 3.8) is 0 Å². The largest absolute Gasteiger partial charge is 0.508 e. The molecule has 2 N–H and O–H groups in total. The second-order valence-corrected chi connectivity index (χ2v) is 4.87. The van der Waals surface area contributed by atoms with E-state index in [1.165, 1.54) is 12.1 Å². The fourth-order valence-corrected chi connectivity index (χ4v) is 2.39. The van der Waals surface area contributed by atoms with Crippen LogP contribution >= 0.6 is 0 Å². The molecule has 1 aromatic rings. The van der Waals surface area contributed by atoms with Gasteiger partial charge < -0.3 is 10.4 Å². The van der Waals surface area contributed by atoms with E-state index in [-0.39, 0.29) is 11.3 Å². The van der Waals surface area contributed by atoms with Crippen molar-refractivity contribution < 1.29 is 14.3 Å². The predicted octanol–water partition coefficient (Wildman–Crippen LogP) is 2.49. The van der Waals surface area contributed by atoms with Gasteiger partial charge in [-0.1, -0.05) is 19.3 Å². The minimum Gasteiger partial charge on any atom is -0.508 e. The Morgan fingerprint density at radius 3 is 2.63 bits per heavy atom. The minimum atomic E-state index is -0.889. The molecule has 1 aliphatic rings. The monoisotopic (exact) mass is 262 g/mol. The number of carbonyl (C=O) groups excluding carboxylic acids is 1. The molecule has 1 aromatic carbocycles. The summed E-state index contributed by atoms with van der Waals surface area (Å²) < 4.78 is 13.6. The Morgan fingerprint density at radius 1 is 1.37 bits per heavy atom. The highest BCUT2D eigenvalue weighted by atomic mass is 19.1. The molecule has 0 spiro atoms. The van der Waals surface area contributed by atoms with E-state index in [9.17, 15) is 14.4 Å². The molecule has 1 fully saturated rings. The topological polar surface area (TPSA) is 73.1 Å². The number of nitriles is 1. The predicted molar refractivity (Wildman–Crippen MR) is 67.0 cm³/mol. The zero-order chi connectivity index (χ0) is 13.9. The normalized spacial score (nSPS) is 17.5. The van der Waals surface area contributed by atoms with Gasteiger partial charge in [0.25, 0.3) is 5.91 Å². The molecule has 1 aliphatic carbocycles. The number of carbonyl (C=O) groups is 1. The molecule has 0 atom stereocenters. The van der Waals surface area contributed by atoms with Gasteiger partial charge in [-0.15, -0.1) is 0 Å². The van der Waals surface area contributed by atoms with Crippen molar-refractivity contribution in [2.24, 2.45) is 0 Å². The second-order valence-electron chi connectivity index (χ2n) is 4.87. The Morgan fingerprint density at radius 2 is 2.05 bits per heavy atom. The van der Waals surface area contributed by atoms with Crippen molar-refractivity contribution >= 4 is 5.91 Å². The van der Waals surface area contributed by atoms with Crippen LogP contribution in [0.1, 0.15) is 42.5 Å². The standard InChI is InChI=1S/C14H15FN2O2/c15-12-8-10(18)4-5-11(12)13(19)17-14(9-16)6-2-1-3-7-14/h4-5,8,18H,1-3,6-7H2,(H,17,19). The smallest absolute Gasteiger partial charge is 0.255 e. The number of benzene rings is 1. The maximum Gasteiger partial charge on any atom is 0.255 e. The molecule has 4 nitrogen and oxygen atoms in total. The van der Waals surface area contributed by atoms with E-state index in [2.05, 4.69) is 11.4 Å². The van der Waals surface area contributed by atoms with E-state index >= 15 is 0 Å². The summed E-state index contributed by atoms with van der Waals surface area (Å²) in [6.07, 6.45) is 3.99. The molecule has 0 bridgehead atoms. The van der Waals surface area contributed by atoms with E-state index in [1.807, 2.05) is 0 Å². The van der Waals surface area contributed by atoms with Crippen molar-refractivity contribution in [2.45, 2.75) is 37.6 Å². The zero-order valence-corrected chi connectivity index (χ0v) is 10.4. The highest BCUT2D eigenvalue weighted by molar-refractivity contribution is 5.95. The number of rotatable bonds is 2. The first-order chi connectivity index (χ1) is 9.06. The molecule has 5 heteroatoms. The van der Waals surface area contributed by atoms with Gasteiger partial charge in [-0.05, 0) is 25.0 Å². The van der Waals surface area contributed by atoms with Crippen LogP contribution in [0, 0.1) is 17.1 Å². The summed E-state index contributed by atoms with van der Waals surface area (Å²) in [6, 6.07) is 5.49. The molecule has 0 aromatic heterocycles. The van der Waals surface area contributed by atoms with Gasteiger partial charge in [0.15, 0.2) is 0 Å². The highest BCUT2D eigenvalue weighted by Crippen LogP contribution is 2.28. The molecule has 1 amide bonds. The molecular formula is C14H15FN2O2. The molecule has 0 unspecified atom stereocenters. The number of hydrogen-bond donors (Lipinski definition) is 2. The van der Waals surface area contributed by atoms with Gasteiger partial charge in [-0.3, -0.25) is 4.79 Å². The first-order valence-electron chi connectivity index (χ1n) is 6.29. The van der Waals surface area contributed by atoms with E-state index in [0.717, 1.165) is 25.3 Å². The first-order valence-corrected chi connectivity index (χ1v) is 6.29. The number of phenolic OH excluding ortho intramolecular Hbond substituents is 1. The summed E-state index contributed by atoms with van der Waals surface area (Å²) in [5, 5.41) is 21.0. The van der Waals surface area contributed by atoms with Crippen molar-refractivity contribution in [3.05, 3.63) is 29.6 Å². The van der Waals surface area contributed by atoms with Crippen molar-refractivity contribution in [2.75, 3.05) is 0 Å². The summed E-state index contributed by atoms with van der Waals surface area (Å²) in [5.74, 6) is -1.64. The van der Waals surface area contributed by atoms with Gasteiger partial charge in [0.05, 0.1) is 11.6 Å². The second kappa shape index (κ2) is 5.27. The van der Waals surface area contributed by atoms with Crippen molar-refractivity contribution in [3.8, 4) is 11.8 Å². The number of nitrogens with one attached hydrogen (secondary N) is 1. The third-order valence-corrected chi connectivity index (χ3v) is 3.47. The van der Waals surface area contributed by atoms with Gasteiger partial charge in [0.1, 0.15) is 17.1 Å². The number of phenols is 1. The lowest BCUT2D eigenvalue weighted by molar-refractivity contribution is 0.0898. The Labute approximate surface area is 110 Å². The molecule has 1 saturated carbocycles. The molecule has 100 valence electrons. The number of amides is 1. The average molecular weight is 262 g/mol. The van der Waals surface area contributed by atoms with Crippen LogP contribution in [0.15, 0.2) is 18.2 Å². The van der Waals surface area contributed by atoms with Crippen LogP contribution in [0.25, 0.3) is 0 Å². The van der Waals surface area contributed by atoms with Gasteiger partial charge >= 0.3 is 0 Å². The lowest BCUT2D eigenvalue weighted by Crippen LogP contribution is -2.48. The van der Waals surface area contributed by atoms with E-state index in [4.69, 9.17) is 5.11 Å². The first kappa shape index (κ1) is 13.3. The lowest BCUT2D eigenvalue weighted by atomic mass is 9.82. The van der Waals surface area contributed by atoms with Crippen molar-refractivity contribution in [1.82, 2.24) is 5.32 Å². The fraction of sp³-hybridized carbons (Fsp3) is 0.429. The van der Waals surface area contributed by atoms with Crippen molar-refractivity contribution in [1.29, 1.82) is 5.26 Å². The summed E-state index contributed by atoms with van der Waals surface area (Å²) >= 11 is 0. The van der Waals surface area contributed by atoms with Crippen LogP contribution in [0.3, 0.4) is 0 Å². The Hall–Kier alpha value is -2.09. The Kier molecular flexibility index (Phi) is 3.70. The summed E-state index contributed by atoms with van der Waals surface area (Å²) in [4.78, 5) is 12.0. The van der Waals surface area contributed by atoms with E-state index < -0.39 is 17.3 Å². The summed E-state index contributed by atoms with van der Waals surface area (Å²) in [5.41, 5.74) is -1.04. The molecule has 2 rings (SSSR count). The third kappa shape index (κ3) is 2.84. The van der Waals surface area contributed by atoms with Crippen LogP contribution in [-0.4, -0.2) is 16.6 Å². The number of aromatic hydroxyl groups is 1. The summed E-state index contributed by atoms with van der Waals surface area (Å²) in [6.45, 7) is 0. The van der Waals surface area contributed by atoms with Gasteiger partial charge in [0, 0.05) is 6.07 Å². The fourth-order valence-electron chi connectivity index (χ4n) is 2.39. The molecule has 19 heavy (non-hydrogen) atoms.